The van der Waals surface area contributed by atoms with Gasteiger partial charge in [-0.15, -0.1) is 12.4 Å². The van der Waals surface area contributed by atoms with Crippen LogP contribution >= 0.6 is 12.4 Å². The first kappa shape index (κ1) is 11.6. The van der Waals surface area contributed by atoms with Gasteiger partial charge < -0.3 is 5.41 Å². The zero-order chi connectivity index (χ0) is 11.0. The van der Waals surface area contributed by atoms with Gasteiger partial charge in [0.1, 0.15) is 0 Å². The van der Waals surface area contributed by atoms with Crippen molar-refractivity contribution in [1.29, 1.82) is 5.41 Å². The molecule has 0 saturated heterocycles. The van der Waals surface area contributed by atoms with Crippen LogP contribution in [0.5, 0.6) is 0 Å². The third-order valence-electron chi connectivity index (χ3n) is 2.98. The molecule has 1 N–H and O–H groups in total. The van der Waals surface area contributed by atoms with E-state index >= 15 is 0 Å². The Labute approximate surface area is 106 Å². The minimum absolute atomic E-state index is 0. The molecular weight excluding hydrogens is 230 g/mol. The van der Waals surface area contributed by atoms with Gasteiger partial charge in [0.2, 0.25) is 0 Å². The fraction of sp³-hybridized carbons (Fsp3) is 0. The Morgan fingerprint density at radius 2 is 1.47 bits per heavy atom. The van der Waals surface area contributed by atoms with Crippen LogP contribution in [0, 0.1) is 5.41 Å². The number of hydrogen-bond donors (Lipinski definition) is 1. The monoisotopic (exact) mass is 241 g/mol. The lowest BCUT2D eigenvalue weighted by atomic mass is 9.99. The summed E-state index contributed by atoms with van der Waals surface area (Å²) < 4.78 is 0. The molecule has 0 bridgehead atoms. The number of benzene rings is 3. The van der Waals surface area contributed by atoms with Crippen molar-refractivity contribution in [3.63, 3.8) is 0 Å². The molecule has 0 spiro atoms. The van der Waals surface area contributed by atoms with E-state index in [-0.39, 0.29) is 12.4 Å². The fourth-order valence-electron chi connectivity index (χ4n) is 2.19. The van der Waals surface area contributed by atoms with Gasteiger partial charge >= 0.3 is 0 Å². The van der Waals surface area contributed by atoms with Crippen molar-refractivity contribution in [3.05, 3.63) is 60.2 Å². The van der Waals surface area contributed by atoms with Crippen LogP contribution in [-0.4, -0.2) is 6.21 Å². The number of fused-ring (bicyclic) bond motifs is 3. The maximum Gasteiger partial charge on any atom is 0.0256 e. The summed E-state index contributed by atoms with van der Waals surface area (Å²) in [5, 5.41) is 12.3. The molecular formula is C15H12ClN. The molecule has 3 rings (SSSR count). The van der Waals surface area contributed by atoms with E-state index in [1.807, 2.05) is 12.1 Å². The topological polar surface area (TPSA) is 23.9 Å². The van der Waals surface area contributed by atoms with Gasteiger partial charge in [0.05, 0.1) is 0 Å². The van der Waals surface area contributed by atoms with Gasteiger partial charge in [-0.1, -0.05) is 54.6 Å². The van der Waals surface area contributed by atoms with Crippen molar-refractivity contribution in [2.45, 2.75) is 0 Å². The van der Waals surface area contributed by atoms with Crippen molar-refractivity contribution in [1.82, 2.24) is 0 Å². The van der Waals surface area contributed by atoms with Crippen molar-refractivity contribution in [3.8, 4) is 0 Å². The highest BCUT2D eigenvalue weighted by atomic mass is 35.5. The Morgan fingerprint density at radius 3 is 2.29 bits per heavy atom. The summed E-state index contributed by atoms with van der Waals surface area (Å²) >= 11 is 0. The lowest BCUT2D eigenvalue weighted by molar-refractivity contribution is 1.56. The van der Waals surface area contributed by atoms with Gasteiger partial charge in [-0.2, -0.15) is 0 Å². The second-order valence-corrected chi connectivity index (χ2v) is 3.87. The molecule has 0 aromatic heterocycles. The number of halogens is 1. The van der Waals surface area contributed by atoms with E-state index < -0.39 is 0 Å². The second-order valence-electron chi connectivity index (χ2n) is 3.87. The predicted octanol–water partition coefficient (Wildman–Crippen LogP) is 4.41. The summed E-state index contributed by atoms with van der Waals surface area (Å²) in [4.78, 5) is 0. The minimum Gasteiger partial charge on any atom is -0.308 e. The zero-order valence-corrected chi connectivity index (χ0v) is 10.00. The average Bonchev–Trinajstić information content (AvgIpc) is 2.37. The summed E-state index contributed by atoms with van der Waals surface area (Å²) in [6, 6.07) is 18.7. The maximum absolute atomic E-state index is 7.41. The summed E-state index contributed by atoms with van der Waals surface area (Å²) in [5.41, 5.74) is 0.975. The van der Waals surface area contributed by atoms with Crippen molar-refractivity contribution >= 4 is 40.2 Å². The van der Waals surface area contributed by atoms with E-state index in [0.717, 1.165) is 10.9 Å². The molecule has 0 atom stereocenters. The summed E-state index contributed by atoms with van der Waals surface area (Å²) in [5.74, 6) is 0. The summed E-state index contributed by atoms with van der Waals surface area (Å²) in [6.45, 7) is 0. The van der Waals surface area contributed by atoms with Gasteiger partial charge in [0, 0.05) is 6.21 Å². The molecule has 0 heterocycles. The standard InChI is InChI=1S/C15H11N.ClH/c16-10-12-5-3-7-15-13-6-2-1-4-11(13)8-9-14(12)15;/h1-10,16H;1H. The summed E-state index contributed by atoms with van der Waals surface area (Å²) in [7, 11) is 0. The molecule has 84 valence electrons. The highest BCUT2D eigenvalue weighted by Gasteiger charge is 2.01. The number of nitrogens with one attached hydrogen (secondary N) is 1. The van der Waals surface area contributed by atoms with Gasteiger partial charge in [-0.25, -0.2) is 0 Å². The molecule has 3 aromatic rings. The lowest BCUT2D eigenvalue weighted by Crippen LogP contribution is -1.84. The lowest BCUT2D eigenvalue weighted by Gasteiger charge is -2.05. The van der Waals surface area contributed by atoms with Gasteiger partial charge in [-0.3, -0.25) is 0 Å². The highest BCUT2D eigenvalue weighted by molar-refractivity contribution is 6.12. The fourth-order valence-corrected chi connectivity index (χ4v) is 2.19. The van der Waals surface area contributed by atoms with Crippen LogP contribution in [0.15, 0.2) is 54.6 Å². The first-order valence-electron chi connectivity index (χ1n) is 5.31. The maximum atomic E-state index is 7.41. The van der Waals surface area contributed by atoms with E-state index in [1.54, 1.807) is 0 Å². The van der Waals surface area contributed by atoms with Crippen LogP contribution in [0.1, 0.15) is 5.56 Å². The Bertz CT molecular complexity index is 689. The van der Waals surface area contributed by atoms with Crippen LogP contribution in [-0.2, 0) is 0 Å². The average molecular weight is 242 g/mol. The molecule has 0 radical (unpaired) electrons. The Kier molecular flexibility index (Phi) is 3.12. The van der Waals surface area contributed by atoms with E-state index in [0.29, 0.717) is 0 Å². The predicted molar refractivity (Wildman–Crippen MR) is 76.6 cm³/mol. The van der Waals surface area contributed by atoms with Crippen molar-refractivity contribution in [2.75, 3.05) is 0 Å². The third kappa shape index (κ3) is 1.79. The first-order valence-corrected chi connectivity index (χ1v) is 5.31. The first-order chi connectivity index (χ1) is 7.90. The molecule has 0 amide bonds. The largest absolute Gasteiger partial charge is 0.308 e. The highest BCUT2D eigenvalue weighted by Crippen LogP contribution is 2.26. The molecule has 1 nitrogen and oxygen atoms in total. The van der Waals surface area contributed by atoms with E-state index in [9.17, 15) is 0 Å². The molecule has 3 aromatic carbocycles. The quantitative estimate of drug-likeness (QED) is 0.482. The Hall–Kier alpha value is -1.86. The molecule has 0 aliphatic carbocycles. The molecule has 0 aliphatic heterocycles. The Balaban J connectivity index is 0.00000108. The summed E-state index contributed by atoms with van der Waals surface area (Å²) in [6.07, 6.45) is 1.41. The van der Waals surface area contributed by atoms with Crippen molar-refractivity contribution < 1.29 is 0 Å². The Morgan fingerprint density at radius 1 is 0.706 bits per heavy atom. The molecule has 0 aliphatic rings. The van der Waals surface area contributed by atoms with Gasteiger partial charge in [-0.05, 0) is 27.1 Å². The molecule has 0 saturated carbocycles. The van der Waals surface area contributed by atoms with E-state index in [1.165, 1.54) is 22.4 Å². The second kappa shape index (κ2) is 4.56. The van der Waals surface area contributed by atoms with E-state index in [4.69, 9.17) is 5.41 Å². The van der Waals surface area contributed by atoms with Crippen LogP contribution in [0.25, 0.3) is 21.5 Å². The smallest absolute Gasteiger partial charge is 0.0256 e. The van der Waals surface area contributed by atoms with Crippen LogP contribution < -0.4 is 0 Å². The zero-order valence-electron chi connectivity index (χ0n) is 9.18. The molecule has 0 unspecified atom stereocenters. The molecule has 2 heteroatoms. The number of rotatable bonds is 1. The van der Waals surface area contributed by atoms with E-state index in [2.05, 4.69) is 42.5 Å². The van der Waals surface area contributed by atoms with Crippen molar-refractivity contribution in [2.24, 2.45) is 0 Å². The van der Waals surface area contributed by atoms with Crippen LogP contribution in [0.4, 0.5) is 0 Å². The molecule has 0 fully saturated rings. The van der Waals surface area contributed by atoms with Gasteiger partial charge in [0.25, 0.3) is 0 Å². The number of hydrogen-bond acceptors (Lipinski definition) is 1. The van der Waals surface area contributed by atoms with Gasteiger partial charge in [0.15, 0.2) is 0 Å². The van der Waals surface area contributed by atoms with Crippen LogP contribution in [0.2, 0.25) is 0 Å². The normalized spacial score (nSPS) is 10.1. The van der Waals surface area contributed by atoms with Crippen LogP contribution in [0.3, 0.4) is 0 Å². The third-order valence-corrected chi connectivity index (χ3v) is 2.98. The SMILES string of the molecule is Cl.N=Cc1cccc2c1ccc1ccccc12. The minimum atomic E-state index is 0. The molecule has 17 heavy (non-hydrogen) atoms.